The second-order valence-corrected chi connectivity index (χ2v) is 3.30. The number of fused-ring (bicyclic) bond motifs is 1. The van der Waals surface area contributed by atoms with Gasteiger partial charge in [0.1, 0.15) is 0 Å². The van der Waals surface area contributed by atoms with E-state index in [0.29, 0.717) is 10.9 Å². The van der Waals surface area contributed by atoms with Gasteiger partial charge in [-0.3, -0.25) is 0 Å². The lowest BCUT2D eigenvalue weighted by Gasteiger charge is -2.04. The summed E-state index contributed by atoms with van der Waals surface area (Å²) in [5.74, 6) is -0.969. The van der Waals surface area contributed by atoms with Crippen molar-refractivity contribution >= 4 is 23.0 Å². The average molecular weight is 215 g/mol. The minimum atomic E-state index is -0.969. The Morgan fingerprint density at radius 2 is 1.81 bits per heavy atom. The summed E-state index contributed by atoms with van der Waals surface area (Å²) in [7, 11) is 0. The van der Waals surface area contributed by atoms with Crippen LogP contribution in [-0.2, 0) is 0 Å². The molecule has 0 saturated carbocycles. The highest BCUT2D eigenvalue weighted by Gasteiger charge is 2.09. The summed E-state index contributed by atoms with van der Waals surface area (Å²) in [6, 6.07) is 10.2. The first-order chi connectivity index (χ1) is 7.74. The van der Waals surface area contributed by atoms with E-state index in [9.17, 15) is 4.79 Å². The van der Waals surface area contributed by atoms with Crippen LogP contribution in [-0.4, -0.2) is 22.5 Å². The quantitative estimate of drug-likeness (QED) is 0.459. The first kappa shape index (κ1) is 10.2. The number of carbonyl (C=O) groups is 1. The molecule has 0 aromatic heterocycles. The van der Waals surface area contributed by atoms with Crippen molar-refractivity contribution in [2.45, 2.75) is 0 Å². The smallest absolute Gasteiger partial charge is 0.336 e. The third kappa shape index (κ3) is 1.61. The molecular weight excluding hydrogens is 206 g/mol. The zero-order chi connectivity index (χ0) is 11.5. The number of nitrogens with zero attached hydrogens (tertiary/aromatic N) is 1. The van der Waals surface area contributed by atoms with Crippen LogP contribution in [0.1, 0.15) is 15.9 Å². The Hall–Kier alpha value is -2.36. The maximum Gasteiger partial charge on any atom is 0.336 e. The molecule has 16 heavy (non-hydrogen) atoms. The summed E-state index contributed by atoms with van der Waals surface area (Å²) in [6.45, 7) is 0. The molecule has 2 N–H and O–H groups in total. The lowest BCUT2D eigenvalue weighted by atomic mass is 10.0. The van der Waals surface area contributed by atoms with Crippen LogP contribution < -0.4 is 0 Å². The van der Waals surface area contributed by atoms with Gasteiger partial charge in [0.05, 0.1) is 11.8 Å². The number of oxime groups is 1. The van der Waals surface area contributed by atoms with Gasteiger partial charge in [-0.25, -0.2) is 4.79 Å². The molecule has 4 heteroatoms. The van der Waals surface area contributed by atoms with Gasteiger partial charge in [0.2, 0.25) is 0 Å². The van der Waals surface area contributed by atoms with Crippen molar-refractivity contribution in [3.05, 3.63) is 47.5 Å². The van der Waals surface area contributed by atoms with Gasteiger partial charge in [-0.15, -0.1) is 0 Å². The molecule has 0 unspecified atom stereocenters. The number of aromatic carboxylic acids is 1. The third-order valence-electron chi connectivity index (χ3n) is 2.39. The van der Waals surface area contributed by atoms with Crippen LogP contribution in [0, 0.1) is 0 Å². The van der Waals surface area contributed by atoms with Crippen molar-refractivity contribution < 1.29 is 15.1 Å². The van der Waals surface area contributed by atoms with E-state index >= 15 is 0 Å². The summed E-state index contributed by atoms with van der Waals surface area (Å²) in [4.78, 5) is 11.0. The second kappa shape index (κ2) is 4.02. The van der Waals surface area contributed by atoms with Gasteiger partial charge in [0.15, 0.2) is 0 Å². The number of hydrogen-bond acceptors (Lipinski definition) is 3. The van der Waals surface area contributed by atoms with Gasteiger partial charge >= 0.3 is 5.97 Å². The summed E-state index contributed by atoms with van der Waals surface area (Å²) < 4.78 is 0. The average Bonchev–Trinajstić information content (AvgIpc) is 2.29. The van der Waals surface area contributed by atoms with Crippen molar-refractivity contribution in [3.8, 4) is 0 Å². The molecule has 0 amide bonds. The van der Waals surface area contributed by atoms with E-state index in [1.807, 2.05) is 6.07 Å². The molecule has 80 valence electrons. The monoisotopic (exact) mass is 215 g/mol. The molecule has 0 aliphatic rings. The molecule has 2 rings (SSSR count). The Labute approximate surface area is 91.4 Å². The Morgan fingerprint density at radius 1 is 1.12 bits per heavy atom. The van der Waals surface area contributed by atoms with Crippen LogP contribution in [0.5, 0.6) is 0 Å². The molecule has 0 atom stereocenters. The molecule has 0 saturated heterocycles. The molecule has 0 fully saturated rings. The Bertz CT molecular complexity index is 575. The van der Waals surface area contributed by atoms with Crippen LogP contribution >= 0.6 is 0 Å². The van der Waals surface area contributed by atoms with E-state index in [4.69, 9.17) is 10.3 Å². The number of carboxylic acids is 1. The van der Waals surface area contributed by atoms with Crippen LogP contribution in [0.15, 0.2) is 41.6 Å². The minimum absolute atomic E-state index is 0.241. The number of carboxylic acid groups (broad SMARTS) is 1. The zero-order valence-electron chi connectivity index (χ0n) is 8.29. The largest absolute Gasteiger partial charge is 0.478 e. The molecule has 2 aromatic rings. The number of benzene rings is 2. The third-order valence-corrected chi connectivity index (χ3v) is 2.39. The number of rotatable bonds is 2. The van der Waals surface area contributed by atoms with Crippen molar-refractivity contribution in [1.82, 2.24) is 0 Å². The molecule has 0 bridgehead atoms. The predicted molar refractivity (Wildman–Crippen MR) is 60.3 cm³/mol. The van der Waals surface area contributed by atoms with Gasteiger partial charge in [-0.1, -0.05) is 35.5 Å². The Balaban J connectivity index is 2.82. The molecule has 0 radical (unpaired) electrons. The second-order valence-electron chi connectivity index (χ2n) is 3.30. The molecule has 0 aliphatic heterocycles. The SMILES string of the molecule is O=C(O)c1ccc(/C=N\O)c2ccccc12. The first-order valence-electron chi connectivity index (χ1n) is 4.66. The van der Waals surface area contributed by atoms with E-state index in [1.165, 1.54) is 12.3 Å². The van der Waals surface area contributed by atoms with E-state index in [0.717, 1.165) is 5.39 Å². The Morgan fingerprint density at radius 3 is 2.44 bits per heavy atom. The minimum Gasteiger partial charge on any atom is -0.478 e. The molecule has 0 heterocycles. The molecule has 4 nitrogen and oxygen atoms in total. The van der Waals surface area contributed by atoms with Crippen LogP contribution in [0.25, 0.3) is 10.8 Å². The van der Waals surface area contributed by atoms with Crippen molar-refractivity contribution in [2.24, 2.45) is 5.16 Å². The van der Waals surface area contributed by atoms with Gasteiger partial charge < -0.3 is 10.3 Å². The Kier molecular flexibility index (Phi) is 2.55. The van der Waals surface area contributed by atoms with E-state index < -0.39 is 5.97 Å². The normalized spacial score (nSPS) is 11.0. The predicted octanol–water partition coefficient (Wildman–Crippen LogP) is 2.35. The van der Waals surface area contributed by atoms with Gasteiger partial charge in [-0.2, -0.15) is 0 Å². The first-order valence-corrected chi connectivity index (χ1v) is 4.66. The van der Waals surface area contributed by atoms with Crippen LogP contribution in [0.2, 0.25) is 0 Å². The van der Waals surface area contributed by atoms with Crippen LogP contribution in [0.4, 0.5) is 0 Å². The summed E-state index contributed by atoms with van der Waals surface area (Å²) in [5.41, 5.74) is 0.925. The lowest BCUT2D eigenvalue weighted by molar-refractivity contribution is 0.0699. The van der Waals surface area contributed by atoms with Crippen molar-refractivity contribution in [3.63, 3.8) is 0 Å². The van der Waals surface area contributed by atoms with Gasteiger partial charge in [-0.05, 0) is 16.8 Å². The highest BCUT2D eigenvalue weighted by molar-refractivity contribution is 6.09. The fourth-order valence-electron chi connectivity index (χ4n) is 1.68. The molecule has 0 aliphatic carbocycles. The standard InChI is InChI=1S/C12H9NO3/c14-12(15)11-6-5-8(7-13-16)9-3-1-2-4-10(9)11/h1-7,16H,(H,14,15)/b13-7-. The molecule has 0 spiro atoms. The van der Waals surface area contributed by atoms with Crippen LogP contribution in [0.3, 0.4) is 0 Å². The fraction of sp³-hybridized carbons (Fsp3) is 0. The van der Waals surface area contributed by atoms with Crippen molar-refractivity contribution in [2.75, 3.05) is 0 Å². The fourth-order valence-corrected chi connectivity index (χ4v) is 1.68. The maximum absolute atomic E-state index is 11.0. The topological polar surface area (TPSA) is 69.9 Å². The molecule has 2 aromatic carbocycles. The lowest BCUT2D eigenvalue weighted by Crippen LogP contribution is -1.98. The summed E-state index contributed by atoms with van der Waals surface area (Å²) >= 11 is 0. The summed E-state index contributed by atoms with van der Waals surface area (Å²) in [5, 5.41) is 21.9. The summed E-state index contributed by atoms with van der Waals surface area (Å²) in [6.07, 6.45) is 1.29. The number of hydrogen-bond donors (Lipinski definition) is 2. The van der Waals surface area contributed by atoms with Gasteiger partial charge in [0.25, 0.3) is 0 Å². The van der Waals surface area contributed by atoms with E-state index in [1.54, 1.807) is 24.3 Å². The highest BCUT2D eigenvalue weighted by atomic mass is 16.4. The maximum atomic E-state index is 11.0. The molecular formula is C12H9NO3. The van der Waals surface area contributed by atoms with Crippen molar-refractivity contribution in [1.29, 1.82) is 0 Å². The van der Waals surface area contributed by atoms with E-state index in [-0.39, 0.29) is 5.56 Å². The highest BCUT2D eigenvalue weighted by Crippen LogP contribution is 2.21. The van der Waals surface area contributed by atoms with Gasteiger partial charge in [0, 0.05) is 5.56 Å². The van der Waals surface area contributed by atoms with E-state index in [2.05, 4.69) is 5.16 Å². The zero-order valence-corrected chi connectivity index (χ0v) is 8.29.